The van der Waals surface area contributed by atoms with Gasteiger partial charge in [0.15, 0.2) is 0 Å². The van der Waals surface area contributed by atoms with Crippen LogP contribution in [-0.4, -0.2) is 35.7 Å². The van der Waals surface area contributed by atoms with E-state index in [1.54, 1.807) is 11.3 Å². The molecule has 0 radical (unpaired) electrons. The summed E-state index contributed by atoms with van der Waals surface area (Å²) in [5, 5.41) is 4.79. The van der Waals surface area contributed by atoms with Crippen LogP contribution in [0.4, 0.5) is 0 Å². The van der Waals surface area contributed by atoms with Gasteiger partial charge >= 0.3 is 0 Å². The molecule has 0 aliphatic carbocycles. The van der Waals surface area contributed by atoms with Gasteiger partial charge in [-0.2, -0.15) is 11.8 Å². The number of rotatable bonds is 4. The first-order chi connectivity index (χ1) is 9.35. The molecule has 102 valence electrons. The lowest BCUT2D eigenvalue weighted by Gasteiger charge is -2.21. The maximum absolute atomic E-state index is 5.54. The molecule has 1 aliphatic heterocycles. The highest BCUT2D eigenvalue weighted by Gasteiger charge is 2.15. The van der Waals surface area contributed by atoms with E-state index in [9.17, 15) is 0 Å². The van der Waals surface area contributed by atoms with Crippen molar-refractivity contribution in [2.45, 2.75) is 19.4 Å². The van der Waals surface area contributed by atoms with E-state index >= 15 is 0 Å². The summed E-state index contributed by atoms with van der Waals surface area (Å²) in [4.78, 5) is 4.72. The predicted molar refractivity (Wildman–Crippen MR) is 83.6 cm³/mol. The quantitative estimate of drug-likeness (QED) is 0.940. The molecule has 1 aliphatic rings. The van der Waals surface area contributed by atoms with Crippen molar-refractivity contribution in [3.63, 3.8) is 0 Å². The second-order valence-electron chi connectivity index (χ2n) is 4.60. The third-order valence-electron chi connectivity index (χ3n) is 3.13. The van der Waals surface area contributed by atoms with E-state index in [1.165, 1.54) is 21.2 Å². The fourth-order valence-electron chi connectivity index (χ4n) is 2.26. The van der Waals surface area contributed by atoms with Crippen LogP contribution < -0.4 is 10.1 Å². The molecule has 0 saturated carbocycles. The summed E-state index contributed by atoms with van der Waals surface area (Å²) >= 11 is 3.82. The topological polar surface area (TPSA) is 34.1 Å². The van der Waals surface area contributed by atoms with E-state index in [0.717, 1.165) is 24.2 Å². The van der Waals surface area contributed by atoms with Crippen LogP contribution in [0.2, 0.25) is 0 Å². The molecule has 5 heteroatoms. The SMILES string of the molecule is CCOc1ccc2nc(CC3CSCCN3)sc2c1. The van der Waals surface area contributed by atoms with E-state index < -0.39 is 0 Å². The van der Waals surface area contributed by atoms with Gasteiger partial charge in [0.25, 0.3) is 0 Å². The van der Waals surface area contributed by atoms with Crippen LogP contribution in [-0.2, 0) is 6.42 Å². The Bertz CT molecular complexity index is 549. The number of nitrogens with one attached hydrogen (secondary N) is 1. The highest BCUT2D eigenvalue weighted by Crippen LogP contribution is 2.27. The summed E-state index contributed by atoms with van der Waals surface area (Å²) in [6.45, 7) is 3.84. The van der Waals surface area contributed by atoms with E-state index in [0.29, 0.717) is 12.6 Å². The van der Waals surface area contributed by atoms with Gasteiger partial charge in [-0.25, -0.2) is 4.98 Å². The van der Waals surface area contributed by atoms with Crippen LogP contribution in [0.1, 0.15) is 11.9 Å². The molecular formula is C14H18N2OS2. The molecule has 3 nitrogen and oxygen atoms in total. The largest absolute Gasteiger partial charge is 0.494 e. The lowest BCUT2D eigenvalue weighted by Crippen LogP contribution is -2.38. The first kappa shape index (κ1) is 13.2. The molecule has 1 aromatic heterocycles. The minimum atomic E-state index is 0.575. The van der Waals surface area contributed by atoms with E-state index in [1.807, 2.05) is 24.8 Å². The van der Waals surface area contributed by atoms with Crippen LogP contribution in [0, 0.1) is 0 Å². The van der Waals surface area contributed by atoms with Gasteiger partial charge in [-0.05, 0) is 25.1 Å². The average molecular weight is 294 g/mol. The summed E-state index contributed by atoms with van der Waals surface area (Å²) in [6.07, 6.45) is 1.04. The van der Waals surface area contributed by atoms with Crippen molar-refractivity contribution in [3.8, 4) is 5.75 Å². The van der Waals surface area contributed by atoms with E-state index in [4.69, 9.17) is 9.72 Å². The number of hydrogen-bond donors (Lipinski definition) is 1. The molecule has 1 N–H and O–H groups in total. The first-order valence-corrected chi connectivity index (χ1v) is 8.65. The highest BCUT2D eigenvalue weighted by atomic mass is 32.2. The standard InChI is InChI=1S/C14H18N2OS2/c1-2-17-11-3-4-12-13(8-11)19-14(16-12)7-10-9-18-6-5-15-10/h3-4,8,10,15H,2,5-7,9H2,1H3. The van der Waals surface area contributed by atoms with Crippen LogP contribution in [0.25, 0.3) is 10.2 Å². The average Bonchev–Trinajstić information content (AvgIpc) is 2.82. The van der Waals surface area contributed by atoms with Gasteiger partial charge in [0.05, 0.1) is 21.8 Å². The number of nitrogens with zero attached hydrogens (tertiary/aromatic N) is 1. The zero-order valence-corrected chi connectivity index (χ0v) is 12.6. The van der Waals surface area contributed by atoms with Crippen molar-refractivity contribution >= 4 is 33.3 Å². The number of benzene rings is 1. The minimum Gasteiger partial charge on any atom is -0.494 e. The molecule has 1 fully saturated rings. The van der Waals surface area contributed by atoms with Gasteiger partial charge in [-0.3, -0.25) is 0 Å². The van der Waals surface area contributed by atoms with Crippen molar-refractivity contribution in [1.29, 1.82) is 0 Å². The molecule has 0 amide bonds. The van der Waals surface area contributed by atoms with Gasteiger partial charge in [-0.1, -0.05) is 0 Å². The second kappa shape index (κ2) is 6.11. The lowest BCUT2D eigenvalue weighted by molar-refractivity contribution is 0.341. The Hall–Kier alpha value is -0.780. The molecule has 1 unspecified atom stereocenters. The van der Waals surface area contributed by atoms with Gasteiger partial charge < -0.3 is 10.1 Å². The van der Waals surface area contributed by atoms with Crippen LogP contribution >= 0.6 is 23.1 Å². The van der Waals surface area contributed by atoms with E-state index in [-0.39, 0.29) is 0 Å². The molecule has 1 atom stereocenters. The molecule has 0 bridgehead atoms. The molecule has 3 rings (SSSR count). The molecule has 2 heterocycles. The summed E-state index contributed by atoms with van der Waals surface area (Å²) in [5.74, 6) is 3.37. The number of thioether (sulfide) groups is 1. The fourth-order valence-corrected chi connectivity index (χ4v) is 4.28. The van der Waals surface area contributed by atoms with Crippen molar-refractivity contribution in [1.82, 2.24) is 10.3 Å². The van der Waals surface area contributed by atoms with Crippen LogP contribution in [0.15, 0.2) is 18.2 Å². The van der Waals surface area contributed by atoms with Crippen molar-refractivity contribution < 1.29 is 4.74 Å². The zero-order chi connectivity index (χ0) is 13.1. The number of thiazole rings is 1. The van der Waals surface area contributed by atoms with Gasteiger partial charge in [-0.15, -0.1) is 11.3 Å². The number of aromatic nitrogens is 1. The summed E-state index contributed by atoms with van der Waals surface area (Å²) in [7, 11) is 0. The predicted octanol–water partition coefficient (Wildman–Crippen LogP) is 2.94. The minimum absolute atomic E-state index is 0.575. The van der Waals surface area contributed by atoms with Gasteiger partial charge in [0.2, 0.25) is 0 Å². The van der Waals surface area contributed by atoms with Gasteiger partial charge in [0.1, 0.15) is 5.75 Å². The Morgan fingerprint density at radius 1 is 1.47 bits per heavy atom. The Labute approximate surface area is 121 Å². The molecule has 0 spiro atoms. The monoisotopic (exact) mass is 294 g/mol. The molecule has 2 aromatic rings. The Kier molecular flexibility index (Phi) is 4.25. The summed E-state index contributed by atoms with van der Waals surface area (Å²) in [6, 6.07) is 6.74. The first-order valence-electron chi connectivity index (χ1n) is 6.68. The summed E-state index contributed by atoms with van der Waals surface area (Å²) in [5.41, 5.74) is 1.09. The van der Waals surface area contributed by atoms with Crippen molar-refractivity contribution in [3.05, 3.63) is 23.2 Å². The van der Waals surface area contributed by atoms with E-state index in [2.05, 4.69) is 17.4 Å². The van der Waals surface area contributed by atoms with Crippen LogP contribution in [0.3, 0.4) is 0 Å². The maximum Gasteiger partial charge on any atom is 0.120 e. The van der Waals surface area contributed by atoms with Crippen molar-refractivity contribution in [2.75, 3.05) is 24.7 Å². The highest BCUT2D eigenvalue weighted by molar-refractivity contribution is 7.99. The zero-order valence-electron chi connectivity index (χ0n) is 11.0. The number of hydrogen-bond acceptors (Lipinski definition) is 5. The molecule has 1 aromatic carbocycles. The molecule has 1 saturated heterocycles. The number of ether oxygens (including phenoxy) is 1. The Balaban J connectivity index is 1.76. The normalized spacial score (nSPS) is 19.7. The van der Waals surface area contributed by atoms with Crippen molar-refractivity contribution in [2.24, 2.45) is 0 Å². The molecule has 19 heavy (non-hydrogen) atoms. The number of fused-ring (bicyclic) bond motifs is 1. The third-order valence-corrected chi connectivity index (χ3v) is 5.31. The smallest absolute Gasteiger partial charge is 0.120 e. The second-order valence-corrected chi connectivity index (χ2v) is 6.87. The third kappa shape index (κ3) is 3.22. The Morgan fingerprint density at radius 2 is 2.42 bits per heavy atom. The maximum atomic E-state index is 5.54. The summed E-state index contributed by atoms with van der Waals surface area (Å²) < 4.78 is 6.76. The Morgan fingerprint density at radius 3 is 3.21 bits per heavy atom. The van der Waals surface area contributed by atoms with Gasteiger partial charge in [0, 0.05) is 30.5 Å². The van der Waals surface area contributed by atoms with Crippen LogP contribution in [0.5, 0.6) is 5.75 Å². The fraction of sp³-hybridized carbons (Fsp3) is 0.500. The molecular weight excluding hydrogens is 276 g/mol. The lowest BCUT2D eigenvalue weighted by atomic mass is 10.2.